The number of amides is 4. The van der Waals surface area contributed by atoms with Gasteiger partial charge < -0.3 is 20.4 Å². The number of benzene rings is 2. The normalized spacial score (nSPS) is 17.2. The molecular formula is C36H52N2O7. The summed E-state index contributed by atoms with van der Waals surface area (Å²) < 4.78 is 0. The first-order chi connectivity index (χ1) is 20.7. The first-order valence-corrected chi connectivity index (χ1v) is 15.9. The highest BCUT2D eigenvalue weighted by molar-refractivity contribution is 6.19. The van der Waals surface area contributed by atoms with E-state index in [9.17, 15) is 34.8 Å². The summed E-state index contributed by atoms with van der Waals surface area (Å²) in [5.74, 6) is -0.896. The minimum atomic E-state index is -1.49. The van der Waals surface area contributed by atoms with Gasteiger partial charge in [-0.25, -0.2) is 4.79 Å². The third-order valence-electron chi connectivity index (χ3n) is 9.04. The number of rotatable bonds is 10. The Labute approximate surface area is 267 Å². The monoisotopic (exact) mass is 624 g/mol. The number of hydrogen-bond acceptors (Lipinski definition) is 7. The number of aliphatic hydroxyl groups excluding tert-OH is 2. The lowest BCUT2D eigenvalue weighted by molar-refractivity contribution is -0.161. The fourth-order valence-electron chi connectivity index (χ4n) is 6.29. The number of β-amino-alcohol motifs (C(OH)–C–C–N with tert-alkyl or cyclic N) is 2. The zero-order valence-electron chi connectivity index (χ0n) is 28.6. The predicted molar refractivity (Wildman–Crippen MR) is 174 cm³/mol. The molecule has 4 amide bonds. The van der Waals surface area contributed by atoms with E-state index in [1.54, 1.807) is 39.8 Å². The third-order valence-corrected chi connectivity index (χ3v) is 9.04. The van der Waals surface area contributed by atoms with Crippen LogP contribution in [0.3, 0.4) is 0 Å². The van der Waals surface area contributed by atoms with Crippen LogP contribution in [0.15, 0.2) is 24.3 Å². The van der Waals surface area contributed by atoms with Crippen molar-refractivity contribution in [1.82, 2.24) is 9.80 Å². The lowest BCUT2D eigenvalue weighted by atomic mass is 9.77. The number of aromatic hydroxyl groups is 2. The molecule has 0 bridgehead atoms. The molecule has 2 atom stereocenters. The molecule has 0 radical (unpaired) electrons. The van der Waals surface area contributed by atoms with Crippen molar-refractivity contribution in [2.24, 2.45) is 5.41 Å². The van der Waals surface area contributed by atoms with Gasteiger partial charge >= 0.3 is 6.03 Å². The second kappa shape index (κ2) is 13.1. The number of phenolic OH excluding ortho intramolecular Hbond substituents is 2. The summed E-state index contributed by atoms with van der Waals surface area (Å²) in [5.41, 5.74) is 2.11. The van der Waals surface area contributed by atoms with Gasteiger partial charge in [0.05, 0.1) is 25.3 Å². The molecule has 3 rings (SSSR count). The van der Waals surface area contributed by atoms with E-state index in [0.29, 0.717) is 11.1 Å². The molecular weight excluding hydrogens is 572 g/mol. The SMILES string of the molecule is CCC1(CC)C(=O)N(CC(O)Cc2cc(C)c(O)c(C(C)(C)C)c2)C(=O)N(CC(O)Cc2cc(C)c(O)c(C(C)(C)C)c2)C1=O. The number of barbiturate groups is 1. The number of imide groups is 2. The Morgan fingerprint density at radius 3 is 1.29 bits per heavy atom. The highest BCUT2D eigenvalue weighted by atomic mass is 16.3. The summed E-state index contributed by atoms with van der Waals surface area (Å²) in [6.07, 6.45) is -1.69. The van der Waals surface area contributed by atoms with Crippen molar-refractivity contribution in [2.75, 3.05) is 13.1 Å². The lowest BCUT2D eigenvalue weighted by Gasteiger charge is -2.44. The highest BCUT2D eigenvalue weighted by Crippen LogP contribution is 2.38. The van der Waals surface area contributed by atoms with Crippen LogP contribution in [0.2, 0.25) is 0 Å². The van der Waals surface area contributed by atoms with Gasteiger partial charge in [0.15, 0.2) is 0 Å². The molecule has 248 valence electrons. The number of carbonyl (C=O) groups excluding carboxylic acids is 3. The summed E-state index contributed by atoms with van der Waals surface area (Å²) in [6.45, 7) is 18.2. The average molecular weight is 625 g/mol. The summed E-state index contributed by atoms with van der Waals surface area (Å²) in [4.78, 5) is 43.1. The summed E-state index contributed by atoms with van der Waals surface area (Å²) in [7, 11) is 0. The van der Waals surface area contributed by atoms with Crippen molar-refractivity contribution < 1.29 is 34.8 Å². The molecule has 0 spiro atoms. The second-order valence-electron chi connectivity index (χ2n) is 14.7. The first-order valence-electron chi connectivity index (χ1n) is 15.9. The Morgan fingerprint density at radius 2 is 1.00 bits per heavy atom. The number of hydrogen-bond donors (Lipinski definition) is 4. The predicted octanol–water partition coefficient (Wildman–Crippen LogP) is 5.41. The summed E-state index contributed by atoms with van der Waals surface area (Å²) >= 11 is 0. The summed E-state index contributed by atoms with van der Waals surface area (Å²) in [6, 6.07) is 6.35. The van der Waals surface area contributed by atoms with Gasteiger partial charge in [-0.1, -0.05) is 79.7 Å². The Morgan fingerprint density at radius 1 is 0.667 bits per heavy atom. The van der Waals surface area contributed by atoms with Crippen molar-refractivity contribution in [1.29, 1.82) is 0 Å². The Balaban J connectivity index is 1.88. The lowest BCUT2D eigenvalue weighted by Crippen LogP contribution is -2.66. The number of nitrogens with zero attached hydrogens (tertiary/aromatic N) is 2. The van der Waals surface area contributed by atoms with Crippen LogP contribution in [0.1, 0.15) is 102 Å². The van der Waals surface area contributed by atoms with E-state index < -0.39 is 35.5 Å². The molecule has 9 nitrogen and oxygen atoms in total. The summed E-state index contributed by atoms with van der Waals surface area (Å²) in [5, 5.41) is 43.5. The number of aliphatic hydroxyl groups is 2. The van der Waals surface area contributed by atoms with Gasteiger partial charge in [-0.15, -0.1) is 0 Å². The quantitative estimate of drug-likeness (QED) is 0.259. The van der Waals surface area contributed by atoms with Crippen LogP contribution in [0.5, 0.6) is 11.5 Å². The topological polar surface area (TPSA) is 139 Å². The zero-order chi connectivity index (χ0) is 34.2. The van der Waals surface area contributed by atoms with E-state index in [4.69, 9.17) is 0 Å². The van der Waals surface area contributed by atoms with Crippen molar-refractivity contribution in [2.45, 2.75) is 118 Å². The smallest absolute Gasteiger partial charge is 0.333 e. The van der Waals surface area contributed by atoms with Gasteiger partial charge in [-0.3, -0.25) is 19.4 Å². The second-order valence-corrected chi connectivity index (χ2v) is 14.7. The van der Waals surface area contributed by atoms with Crippen molar-refractivity contribution in [3.63, 3.8) is 0 Å². The molecule has 2 unspecified atom stereocenters. The minimum absolute atomic E-state index is 0.124. The number of urea groups is 1. The van der Waals surface area contributed by atoms with E-state index >= 15 is 0 Å². The van der Waals surface area contributed by atoms with E-state index in [-0.39, 0.29) is 61.1 Å². The van der Waals surface area contributed by atoms with Crippen molar-refractivity contribution >= 4 is 17.8 Å². The van der Waals surface area contributed by atoms with E-state index in [2.05, 4.69) is 0 Å². The maximum atomic E-state index is 13.8. The zero-order valence-corrected chi connectivity index (χ0v) is 28.6. The maximum Gasteiger partial charge on any atom is 0.333 e. The van der Waals surface area contributed by atoms with Crippen LogP contribution in [0, 0.1) is 19.3 Å². The Bertz CT molecular complexity index is 1340. The fraction of sp³-hybridized carbons (Fsp3) is 0.583. The molecule has 45 heavy (non-hydrogen) atoms. The number of phenols is 2. The molecule has 1 heterocycles. The average Bonchev–Trinajstić information content (AvgIpc) is 2.92. The third kappa shape index (κ3) is 7.36. The van der Waals surface area contributed by atoms with Crippen LogP contribution in [-0.2, 0) is 33.3 Å². The largest absolute Gasteiger partial charge is 0.507 e. The molecule has 4 N–H and O–H groups in total. The van der Waals surface area contributed by atoms with Crippen LogP contribution < -0.4 is 0 Å². The fourth-order valence-corrected chi connectivity index (χ4v) is 6.29. The molecule has 0 aliphatic carbocycles. The van der Waals surface area contributed by atoms with Gasteiger partial charge in [0.25, 0.3) is 0 Å². The molecule has 2 aromatic rings. The van der Waals surface area contributed by atoms with Crippen molar-refractivity contribution in [3.05, 3.63) is 57.6 Å². The molecule has 1 saturated heterocycles. The molecule has 1 aliphatic heterocycles. The molecule has 0 aromatic heterocycles. The first kappa shape index (κ1) is 36.0. The molecule has 0 saturated carbocycles. The van der Waals surface area contributed by atoms with Crippen molar-refractivity contribution in [3.8, 4) is 11.5 Å². The van der Waals surface area contributed by atoms with Crippen LogP contribution in [-0.4, -0.2) is 73.4 Å². The molecule has 1 aliphatic rings. The molecule has 1 fully saturated rings. The minimum Gasteiger partial charge on any atom is -0.507 e. The standard InChI is InChI=1S/C36H52N2O7/c1-11-36(12-2)31(43)37(19-25(39)15-23-13-21(3)29(41)27(17-23)34(5,6)7)33(45)38(32(36)44)20-26(40)16-24-14-22(4)30(42)28(18-24)35(8,9)10/h13-14,17-18,25-26,39-42H,11-12,15-16,19-20H2,1-10H3. The van der Waals surface area contributed by atoms with Crippen LogP contribution in [0.25, 0.3) is 0 Å². The highest BCUT2D eigenvalue weighted by Gasteiger charge is 2.55. The van der Waals surface area contributed by atoms with E-state index in [0.717, 1.165) is 32.1 Å². The van der Waals surface area contributed by atoms with Gasteiger partial charge in [-0.05, 0) is 70.9 Å². The molecule has 9 heteroatoms. The Hall–Kier alpha value is -3.43. The van der Waals surface area contributed by atoms with Gasteiger partial charge in [0, 0.05) is 12.8 Å². The van der Waals surface area contributed by atoms with Gasteiger partial charge in [0.2, 0.25) is 11.8 Å². The number of aryl methyl sites for hydroxylation is 2. The van der Waals surface area contributed by atoms with Gasteiger partial charge in [-0.2, -0.15) is 0 Å². The van der Waals surface area contributed by atoms with Crippen LogP contribution in [0.4, 0.5) is 4.79 Å². The van der Waals surface area contributed by atoms with E-state index in [1.165, 1.54) is 0 Å². The Kier molecular flexibility index (Phi) is 10.5. The maximum absolute atomic E-state index is 13.8. The van der Waals surface area contributed by atoms with E-state index in [1.807, 2.05) is 53.7 Å². The number of carbonyl (C=O) groups is 3. The molecule has 2 aromatic carbocycles. The van der Waals surface area contributed by atoms with Gasteiger partial charge in [0.1, 0.15) is 16.9 Å². The van der Waals surface area contributed by atoms with Crippen LogP contribution >= 0.6 is 0 Å².